The summed E-state index contributed by atoms with van der Waals surface area (Å²) in [6, 6.07) is 5.34. The van der Waals surface area contributed by atoms with Gasteiger partial charge >= 0.3 is 5.97 Å². The molecule has 1 aromatic rings. The lowest BCUT2D eigenvalue weighted by Gasteiger charge is -2.15. The normalized spacial score (nSPS) is 13.0. The summed E-state index contributed by atoms with van der Waals surface area (Å²) in [5.74, 6) is -0.123. The molecule has 8 nitrogen and oxygen atoms in total. The van der Waals surface area contributed by atoms with Gasteiger partial charge < -0.3 is 24.4 Å². The van der Waals surface area contributed by atoms with Crippen LogP contribution in [0.5, 0.6) is 11.5 Å². The van der Waals surface area contributed by atoms with Crippen molar-refractivity contribution >= 4 is 23.9 Å². The molecule has 2 amide bonds. The standard InChI is InChI=1S/C18H22N2O6/c1-19-16(21)11-20(2)17(22)12-26-18(23)7-5-13-4-6-14-15(10-13)25-9-3-8-24-14/h4-7,10H,3,8-9,11-12H2,1-2H3,(H,19,21)/b7-5+. The van der Waals surface area contributed by atoms with Gasteiger partial charge in [-0.1, -0.05) is 6.07 Å². The largest absolute Gasteiger partial charge is 0.490 e. The maximum Gasteiger partial charge on any atom is 0.331 e. The van der Waals surface area contributed by atoms with Gasteiger partial charge in [-0.25, -0.2) is 4.79 Å². The van der Waals surface area contributed by atoms with Crippen LogP contribution in [0, 0.1) is 0 Å². The third-order valence-corrected chi connectivity index (χ3v) is 3.61. The summed E-state index contributed by atoms with van der Waals surface area (Å²) in [6.45, 7) is 0.655. The summed E-state index contributed by atoms with van der Waals surface area (Å²) in [6.07, 6.45) is 3.61. The molecule has 0 spiro atoms. The summed E-state index contributed by atoms with van der Waals surface area (Å²) in [4.78, 5) is 35.9. The minimum atomic E-state index is -0.654. The van der Waals surface area contributed by atoms with Crippen LogP contribution in [0.15, 0.2) is 24.3 Å². The molecule has 0 fully saturated rings. The van der Waals surface area contributed by atoms with E-state index in [4.69, 9.17) is 14.2 Å². The monoisotopic (exact) mass is 362 g/mol. The second-order valence-corrected chi connectivity index (χ2v) is 5.62. The van der Waals surface area contributed by atoms with E-state index < -0.39 is 18.5 Å². The SMILES string of the molecule is CNC(=O)CN(C)C(=O)COC(=O)/C=C/c1ccc2c(c1)OCCCO2. The minimum absolute atomic E-state index is 0.0973. The first kappa shape index (κ1) is 19.3. The number of likely N-dealkylation sites (N-methyl/N-ethyl adjacent to an activating group) is 2. The molecule has 140 valence electrons. The van der Waals surface area contributed by atoms with Crippen molar-refractivity contribution in [1.82, 2.24) is 10.2 Å². The molecule has 0 radical (unpaired) electrons. The minimum Gasteiger partial charge on any atom is -0.490 e. The number of hydrogen-bond donors (Lipinski definition) is 1. The molecule has 0 aromatic heterocycles. The number of carbonyl (C=O) groups excluding carboxylic acids is 3. The number of carbonyl (C=O) groups is 3. The first-order valence-corrected chi connectivity index (χ1v) is 8.18. The van der Waals surface area contributed by atoms with Crippen LogP contribution in [0.25, 0.3) is 6.08 Å². The van der Waals surface area contributed by atoms with Gasteiger partial charge in [0.1, 0.15) is 0 Å². The smallest absolute Gasteiger partial charge is 0.331 e. The fourth-order valence-corrected chi connectivity index (χ4v) is 2.12. The molecule has 0 unspecified atom stereocenters. The molecule has 1 aliphatic rings. The second kappa shape index (κ2) is 9.45. The number of esters is 1. The van der Waals surface area contributed by atoms with Crippen molar-refractivity contribution in [2.24, 2.45) is 0 Å². The van der Waals surface area contributed by atoms with E-state index in [1.807, 2.05) is 0 Å². The molecule has 0 atom stereocenters. The van der Waals surface area contributed by atoms with Gasteiger partial charge in [-0.15, -0.1) is 0 Å². The van der Waals surface area contributed by atoms with E-state index >= 15 is 0 Å². The zero-order valence-electron chi connectivity index (χ0n) is 14.8. The number of fused-ring (bicyclic) bond motifs is 1. The molecule has 0 bridgehead atoms. The first-order valence-electron chi connectivity index (χ1n) is 8.18. The highest BCUT2D eigenvalue weighted by atomic mass is 16.5. The van der Waals surface area contributed by atoms with Crippen molar-refractivity contribution < 1.29 is 28.6 Å². The zero-order chi connectivity index (χ0) is 18.9. The van der Waals surface area contributed by atoms with Crippen LogP contribution in [0.4, 0.5) is 0 Å². The Balaban J connectivity index is 1.84. The zero-order valence-corrected chi connectivity index (χ0v) is 14.8. The first-order chi connectivity index (χ1) is 12.5. The predicted octanol–water partition coefficient (Wildman–Crippen LogP) is 0.609. The van der Waals surface area contributed by atoms with E-state index in [1.165, 1.54) is 25.1 Å². The lowest BCUT2D eigenvalue weighted by molar-refractivity contribution is -0.148. The number of rotatable bonds is 6. The molecule has 8 heteroatoms. The summed E-state index contributed by atoms with van der Waals surface area (Å²) < 4.78 is 16.0. The Morgan fingerprint density at radius 2 is 1.96 bits per heavy atom. The Bertz CT molecular complexity index is 701. The molecule has 1 aliphatic heterocycles. The lowest BCUT2D eigenvalue weighted by Crippen LogP contribution is -2.38. The van der Waals surface area contributed by atoms with Gasteiger partial charge in [0.2, 0.25) is 5.91 Å². The number of ether oxygens (including phenoxy) is 3. The van der Waals surface area contributed by atoms with Crippen LogP contribution in [0.1, 0.15) is 12.0 Å². The highest BCUT2D eigenvalue weighted by Crippen LogP contribution is 2.30. The number of hydrogen-bond acceptors (Lipinski definition) is 6. The Kier molecular flexibility index (Phi) is 7.02. The Hall–Kier alpha value is -3.03. The summed E-state index contributed by atoms with van der Waals surface area (Å²) in [7, 11) is 2.93. The van der Waals surface area contributed by atoms with Gasteiger partial charge in [0, 0.05) is 26.6 Å². The van der Waals surface area contributed by atoms with E-state index in [1.54, 1.807) is 24.3 Å². The highest BCUT2D eigenvalue weighted by Gasteiger charge is 2.14. The molecular formula is C18H22N2O6. The lowest BCUT2D eigenvalue weighted by atomic mass is 10.2. The second-order valence-electron chi connectivity index (χ2n) is 5.62. The Morgan fingerprint density at radius 3 is 2.69 bits per heavy atom. The number of benzene rings is 1. The molecular weight excluding hydrogens is 340 g/mol. The van der Waals surface area contributed by atoms with Crippen LogP contribution in [-0.4, -0.2) is 63.1 Å². The van der Waals surface area contributed by atoms with Gasteiger partial charge in [0.05, 0.1) is 19.8 Å². The van der Waals surface area contributed by atoms with Crippen molar-refractivity contribution in [3.63, 3.8) is 0 Å². The van der Waals surface area contributed by atoms with E-state index in [0.717, 1.165) is 12.0 Å². The third kappa shape index (κ3) is 5.80. The molecule has 1 heterocycles. The summed E-state index contributed by atoms with van der Waals surface area (Å²) in [5.41, 5.74) is 0.745. The van der Waals surface area contributed by atoms with Crippen molar-refractivity contribution in [3.05, 3.63) is 29.8 Å². The molecule has 2 rings (SSSR count). The van der Waals surface area contributed by atoms with Gasteiger partial charge in [-0.05, 0) is 23.8 Å². The highest BCUT2D eigenvalue weighted by molar-refractivity contribution is 5.90. The number of amides is 2. The molecule has 1 N–H and O–H groups in total. The molecule has 0 saturated carbocycles. The topological polar surface area (TPSA) is 94.2 Å². The van der Waals surface area contributed by atoms with Crippen molar-refractivity contribution in [2.45, 2.75) is 6.42 Å². The molecule has 26 heavy (non-hydrogen) atoms. The van der Waals surface area contributed by atoms with Crippen molar-refractivity contribution in [1.29, 1.82) is 0 Å². The van der Waals surface area contributed by atoms with Crippen molar-refractivity contribution in [3.8, 4) is 11.5 Å². The maximum atomic E-state index is 11.8. The van der Waals surface area contributed by atoms with Crippen LogP contribution in [0.3, 0.4) is 0 Å². The van der Waals surface area contributed by atoms with Crippen molar-refractivity contribution in [2.75, 3.05) is 40.5 Å². The van der Waals surface area contributed by atoms with Crippen LogP contribution < -0.4 is 14.8 Å². The third-order valence-electron chi connectivity index (χ3n) is 3.61. The van der Waals surface area contributed by atoms with Gasteiger partial charge in [-0.3, -0.25) is 9.59 Å². The fraction of sp³-hybridized carbons (Fsp3) is 0.389. The quantitative estimate of drug-likeness (QED) is 0.589. The number of nitrogens with one attached hydrogen (secondary N) is 1. The van der Waals surface area contributed by atoms with Gasteiger partial charge in [0.15, 0.2) is 18.1 Å². The molecule has 0 aliphatic carbocycles. The Morgan fingerprint density at radius 1 is 1.23 bits per heavy atom. The van der Waals surface area contributed by atoms with Gasteiger partial charge in [-0.2, -0.15) is 0 Å². The molecule has 1 aromatic carbocycles. The van der Waals surface area contributed by atoms with E-state index in [2.05, 4.69) is 5.32 Å². The summed E-state index contributed by atoms with van der Waals surface area (Å²) in [5, 5.41) is 2.41. The predicted molar refractivity (Wildman–Crippen MR) is 93.7 cm³/mol. The molecule has 0 saturated heterocycles. The van der Waals surface area contributed by atoms with Crippen LogP contribution >= 0.6 is 0 Å². The van der Waals surface area contributed by atoms with Gasteiger partial charge in [0.25, 0.3) is 5.91 Å². The van der Waals surface area contributed by atoms with Crippen LogP contribution in [-0.2, 0) is 19.1 Å². The van der Waals surface area contributed by atoms with E-state index in [0.29, 0.717) is 24.7 Å². The van der Waals surface area contributed by atoms with Crippen LogP contribution in [0.2, 0.25) is 0 Å². The van der Waals surface area contributed by atoms with E-state index in [-0.39, 0.29) is 12.5 Å². The average molecular weight is 362 g/mol. The summed E-state index contributed by atoms with van der Waals surface area (Å²) >= 11 is 0. The maximum absolute atomic E-state index is 11.8. The number of nitrogens with zero attached hydrogens (tertiary/aromatic N) is 1. The van der Waals surface area contributed by atoms with E-state index in [9.17, 15) is 14.4 Å². The average Bonchev–Trinajstić information content (AvgIpc) is 2.88. The fourth-order valence-electron chi connectivity index (χ4n) is 2.12. The Labute approximate surface area is 151 Å².